The van der Waals surface area contributed by atoms with E-state index in [1.165, 1.54) is 6.26 Å². The maximum absolute atomic E-state index is 12.2. The average Bonchev–Trinajstić information content (AvgIpc) is 3.05. The monoisotopic (exact) mass is 330 g/mol. The van der Waals surface area contributed by atoms with Crippen LogP contribution in [0.1, 0.15) is 37.1 Å². The minimum Gasteiger partial charge on any atom is -0.493 e. The summed E-state index contributed by atoms with van der Waals surface area (Å²) in [7, 11) is 0. The van der Waals surface area contributed by atoms with Crippen molar-refractivity contribution in [2.45, 2.75) is 31.4 Å². The van der Waals surface area contributed by atoms with Crippen LogP contribution in [0, 0.1) is 0 Å². The fourth-order valence-corrected chi connectivity index (χ4v) is 2.81. The lowest BCUT2D eigenvalue weighted by atomic mass is 10.0. The summed E-state index contributed by atoms with van der Waals surface area (Å²) < 4.78 is 10.9. The van der Waals surface area contributed by atoms with Crippen molar-refractivity contribution in [2.24, 2.45) is 0 Å². The SMILES string of the molecule is C[C@@](O)(CNC(=O)N[C@@H]1CCCOc2ccccc21)c1ccco1. The number of nitrogens with one attached hydrogen (secondary N) is 2. The third-order valence-electron chi connectivity index (χ3n) is 4.14. The standard InChI is InChI=1S/C18H22N2O4/c1-18(22,16-9-5-11-24-16)12-19-17(21)20-14-7-4-10-23-15-8-3-2-6-13(14)15/h2-3,5-6,8-9,11,14,22H,4,7,10,12H2,1H3,(H2,19,20,21)/t14-,18-/m1/s1. The summed E-state index contributed by atoms with van der Waals surface area (Å²) in [5, 5.41) is 16.0. The fraction of sp³-hybridized carbons (Fsp3) is 0.389. The van der Waals surface area contributed by atoms with Crippen molar-refractivity contribution in [3.63, 3.8) is 0 Å². The van der Waals surface area contributed by atoms with Gasteiger partial charge in [0, 0.05) is 5.56 Å². The van der Waals surface area contributed by atoms with Gasteiger partial charge in [0.05, 0.1) is 25.5 Å². The molecule has 0 saturated carbocycles. The highest BCUT2D eigenvalue weighted by Gasteiger charge is 2.27. The highest BCUT2D eigenvalue weighted by Crippen LogP contribution is 2.31. The third-order valence-corrected chi connectivity index (χ3v) is 4.14. The van der Waals surface area contributed by atoms with Crippen LogP contribution in [-0.4, -0.2) is 24.3 Å². The molecule has 128 valence electrons. The van der Waals surface area contributed by atoms with Gasteiger partial charge in [0.15, 0.2) is 0 Å². The normalized spacial score (nSPS) is 19.3. The Bertz CT molecular complexity index is 682. The van der Waals surface area contributed by atoms with Crippen LogP contribution in [0.4, 0.5) is 4.79 Å². The van der Waals surface area contributed by atoms with Crippen molar-refractivity contribution in [3.05, 3.63) is 54.0 Å². The summed E-state index contributed by atoms with van der Waals surface area (Å²) in [5.41, 5.74) is -0.284. The summed E-state index contributed by atoms with van der Waals surface area (Å²) in [4.78, 5) is 12.2. The molecule has 0 radical (unpaired) electrons. The van der Waals surface area contributed by atoms with Gasteiger partial charge in [-0.25, -0.2) is 4.79 Å². The highest BCUT2D eigenvalue weighted by atomic mass is 16.5. The molecule has 1 aliphatic heterocycles. The highest BCUT2D eigenvalue weighted by molar-refractivity contribution is 5.74. The number of hydrogen-bond acceptors (Lipinski definition) is 4. The molecular weight excluding hydrogens is 308 g/mol. The molecular formula is C18H22N2O4. The molecule has 1 aliphatic rings. The first-order valence-electron chi connectivity index (χ1n) is 8.09. The summed E-state index contributed by atoms with van der Waals surface area (Å²) in [6.45, 7) is 2.29. The van der Waals surface area contributed by atoms with Gasteiger partial charge in [0.1, 0.15) is 17.1 Å². The van der Waals surface area contributed by atoms with Crippen LogP contribution >= 0.6 is 0 Å². The van der Waals surface area contributed by atoms with Crippen molar-refractivity contribution in [2.75, 3.05) is 13.2 Å². The van der Waals surface area contributed by atoms with E-state index in [1.807, 2.05) is 24.3 Å². The van der Waals surface area contributed by atoms with Gasteiger partial charge in [-0.2, -0.15) is 0 Å². The van der Waals surface area contributed by atoms with E-state index in [4.69, 9.17) is 9.15 Å². The first-order valence-corrected chi connectivity index (χ1v) is 8.09. The number of rotatable bonds is 4. The molecule has 0 saturated heterocycles. The number of hydrogen-bond donors (Lipinski definition) is 3. The second kappa shape index (κ2) is 6.97. The van der Waals surface area contributed by atoms with Gasteiger partial charge < -0.3 is 24.9 Å². The van der Waals surface area contributed by atoms with Gasteiger partial charge >= 0.3 is 6.03 Å². The van der Waals surface area contributed by atoms with Crippen LogP contribution in [0.3, 0.4) is 0 Å². The molecule has 6 heteroatoms. The molecule has 6 nitrogen and oxygen atoms in total. The van der Waals surface area contributed by atoms with Crippen LogP contribution in [0.15, 0.2) is 47.1 Å². The van der Waals surface area contributed by atoms with E-state index in [0.717, 1.165) is 24.2 Å². The predicted octanol–water partition coefficient (Wildman–Crippen LogP) is 2.70. The van der Waals surface area contributed by atoms with Crippen molar-refractivity contribution >= 4 is 6.03 Å². The molecule has 0 aliphatic carbocycles. The Hall–Kier alpha value is -2.47. The van der Waals surface area contributed by atoms with Crippen LogP contribution in [0.2, 0.25) is 0 Å². The fourth-order valence-electron chi connectivity index (χ4n) is 2.81. The number of carbonyl (C=O) groups is 1. The zero-order valence-corrected chi connectivity index (χ0v) is 13.6. The second-order valence-electron chi connectivity index (χ2n) is 6.16. The first kappa shape index (κ1) is 16.4. The van der Waals surface area contributed by atoms with Crippen molar-refractivity contribution in [3.8, 4) is 5.75 Å². The van der Waals surface area contributed by atoms with Crippen LogP contribution in [-0.2, 0) is 5.60 Å². The number of amides is 2. The Kier molecular flexibility index (Phi) is 4.76. The molecule has 24 heavy (non-hydrogen) atoms. The summed E-state index contributed by atoms with van der Waals surface area (Å²) in [6.07, 6.45) is 3.16. The molecule has 1 aromatic heterocycles. The number of aliphatic hydroxyl groups is 1. The Labute approximate surface area is 140 Å². The number of benzene rings is 1. The minimum atomic E-state index is -1.26. The Balaban J connectivity index is 1.61. The lowest BCUT2D eigenvalue weighted by Crippen LogP contribution is -2.44. The molecule has 2 aromatic rings. The Morgan fingerprint density at radius 1 is 1.33 bits per heavy atom. The first-order chi connectivity index (χ1) is 11.6. The molecule has 0 fully saturated rings. The predicted molar refractivity (Wildman–Crippen MR) is 88.7 cm³/mol. The van der Waals surface area contributed by atoms with Crippen LogP contribution < -0.4 is 15.4 Å². The molecule has 2 amide bonds. The number of para-hydroxylation sites is 1. The van der Waals surface area contributed by atoms with Crippen molar-refractivity contribution in [1.82, 2.24) is 10.6 Å². The van der Waals surface area contributed by atoms with Crippen molar-refractivity contribution in [1.29, 1.82) is 0 Å². The molecule has 2 heterocycles. The van der Waals surface area contributed by atoms with E-state index in [1.54, 1.807) is 19.1 Å². The van der Waals surface area contributed by atoms with E-state index in [2.05, 4.69) is 10.6 Å². The van der Waals surface area contributed by atoms with Gasteiger partial charge in [-0.1, -0.05) is 18.2 Å². The van der Waals surface area contributed by atoms with Gasteiger partial charge in [0.25, 0.3) is 0 Å². The Morgan fingerprint density at radius 3 is 2.96 bits per heavy atom. The summed E-state index contributed by atoms with van der Waals surface area (Å²) >= 11 is 0. The van der Waals surface area contributed by atoms with Crippen LogP contribution in [0.25, 0.3) is 0 Å². The largest absolute Gasteiger partial charge is 0.493 e. The molecule has 0 bridgehead atoms. The number of furan rings is 1. The zero-order valence-electron chi connectivity index (χ0n) is 13.6. The van der Waals surface area contributed by atoms with E-state index in [0.29, 0.717) is 12.4 Å². The van der Waals surface area contributed by atoms with E-state index < -0.39 is 5.60 Å². The number of fused-ring (bicyclic) bond motifs is 1. The van der Waals surface area contributed by atoms with Gasteiger partial charge in [-0.05, 0) is 38.0 Å². The lowest BCUT2D eigenvalue weighted by molar-refractivity contribution is 0.0366. The van der Waals surface area contributed by atoms with Gasteiger partial charge in [0.2, 0.25) is 0 Å². The van der Waals surface area contributed by atoms with Gasteiger partial charge in [-0.3, -0.25) is 0 Å². The lowest BCUT2D eigenvalue weighted by Gasteiger charge is -2.23. The second-order valence-corrected chi connectivity index (χ2v) is 6.16. The Morgan fingerprint density at radius 2 is 2.17 bits per heavy atom. The smallest absolute Gasteiger partial charge is 0.315 e. The van der Waals surface area contributed by atoms with E-state index >= 15 is 0 Å². The third kappa shape index (κ3) is 3.71. The van der Waals surface area contributed by atoms with Crippen molar-refractivity contribution < 1.29 is 19.1 Å². The van der Waals surface area contributed by atoms with Crippen LogP contribution in [0.5, 0.6) is 5.75 Å². The topological polar surface area (TPSA) is 83.7 Å². The maximum Gasteiger partial charge on any atom is 0.315 e. The zero-order chi connectivity index (χ0) is 17.0. The molecule has 0 spiro atoms. The molecule has 0 unspecified atom stereocenters. The van der Waals surface area contributed by atoms with E-state index in [9.17, 15) is 9.90 Å². The molecule has 3 N–H and O–H groups in total. The number of ether oxygens (including phenoxy) is 1. The average molecular weight is 330 g/mol. The molecule has 1 aromatic carbocycles. The maximum atomic E-state index is 12.2. The van der Waals surface area contributed by atoms with Gasteiger partial charge in [-0.15, -0.1) is 0 Å². The number of urea groups is 1. The minimum absolute atomic E-state index is 0.0528. The summed E-state index contributed by atoms with van der Waals surface area (Å²) in [6, 6.07) is 10.7. The quantitative estimate of drug-likeness (QED) is 0.805. The summed E-state index contributed by atoms with van der Waals surface area (Å²) in [5.74, 6) is 1.22. The molecule has 3 rings (SSSR count). The molecule has 2 atom stereocenters. The van der Waals surface area contributed by atoms with E-state index in [-0.39, 0.29) is 18.6 Å². The number of carbonyl (C=O) groups excluding carboxylic acids is 1.